The highest BCUT2D eigenvalue weighted by molar-refractivity contribution is 5.70. The normalized spacial score (nSPS) is 11.3. The van der Waals surface area contributed by atoms with E-state index in [4.69, 9.17) is 0 Å². The van der Waals surface area contributed by atoms with Crippen LogP contribution in [0.2, 0.25) is 0 Å². The van der Waals surface area contributed by atoms with Gasteiger partial charge in [-0.25, -0.2) is 9.97 Å². The van der Waals surface area contributed by atoms with Gasteiger partial charge in [-0.2, -0.15) is 9.13 Å². The fourth-order valence-electron chi connectivity index (χ4n) is 4.20. The highest BCUT2D eigenvalue weighted by atomic mass is 15.0. The minimum atomic E-state index is 1.08. The zero-order chi connectivity index (χ0) is 20.4. The van der Waals surface area contributed by atoms with Crippen molar-refractivity contribution in [3.8, 4) is 0 Å². The summed E-state index contributed by atoms with van der Waals surface area (Å²) in [4.78, 5) is 8.89. The molecule has 4 heteroatoms. The molecule has 4 rings (SSSR count). The smallest absolute Gasteiger partial charge is 0.231 e. The highest BCUT2D eigenvalue weighted by Gasteiger charge is 2.09. The molecule has 4 aromatic rings. The Morgan fingerprint density at radius 3 is 1.37 bits per heavy atom. The molecule has 0 fully saturated rings. The Morgan fingerprint density at radius 2 is 0.900 bits per heavy atom. The Bertz CT molecular complexity index is 979. The first-order chi connectivity index (χ1) is 14.9. The van der Waals surface area contributed by atoms with E-state index in [1.54, 1.807) is 0 Å². The molecule has 0 amide bonds. The Morgan fingerprint density at radius 1 is 0.500 bits per heavy atom. The first kappa shape index (κ1) is 20.4. The van der Waals surface area contributed by atoms with Gasteiger partial charge in [0.1, 0.15) is 24.1 Å². The molecule has 4 nitrogen and oxygen atoms in total. The molecule has 0 spiro atoms. The van der Waals surface area contributed by atoms with Crippen LogP contribution in [0.15, 0.2) is 73.3 Å². The van der Waals surface area contributed by atoms with Gasteiger partial charge in [-0.3, -0.25) is 0 Å². The number of aromatic nitrogens is 4. The SMILES string of the molecule is c1ccc2c(c1)ncc[n+]2CCCCCCCCCC[n+]1ccnc2ccccc21. The highest BCUT2D eigenvalue weighted by Crippen LogP contribution is 2.11. The predicted octanol–water partition coefficient (Wildman–Crippen LogP) is 5.18. The van der Waals surface area contributed by atoms with Crippen LogP contribution in [-0.4, -0.2) is 9.97 Å². The van der Waals surface area contributed by atoms with Gasteiger partial charge < -0.3 is 0 Å². The summed E-state index contributed by atoms with van der Waals surface area (Å²) in [6, 6.07) is 16.8. The van der Waals surface area contributed by atoms with E-state index >= 15 is 0 Å². The lowest BCUT2D eigenvalue weighted by Gasteiger charge is -2.03. The molecule has 0 unspecified atom stereocenters. The van der Waals surface area contributed by atoms with Crippen molar-refractivity contribution in [2.45, 2.75) is 64.5 Å². The van der Waals surface area contributed by atoms with Gasteiger partial charge in [0.15, 0.2) is 12.4 Å². The van der Waals surface area contributed by atoms with Gasteiger partial charge in [-0.1, -0.05) is 49.9 Å². The van der Waals surface area contributed by atoms with E-state index in [0.717, 1.165) is 24.1 Å². The van der Waals surface area contributed by atoms with Crippen LogP contribution in [0.1, 0.15) is 51.4 Å². The molecule has 154 valence electrons. The van der Waals surface area contributed by atoms with Crippen molar-refractivity contribution < 1.29 is 9.13 Å². The number of rotatable bonds is 11. The fraction of sp³-hybridized carbons (Fsp3) is 0.385. The van der Waals surface area contributed by atoms with E-state index in [1.807, 2.05) is 12.4 Å². The van der Waals surface area contributed by atoms with Gasteiger partial charge in [0.05, 0.1) is 12.4 Å². The lowest BCUT2D eigenvalue weighted by molar-refractivity contribution is -0.672. The van der Waals surface area contributed by atoms with Crippen molar-refractivity contribution in [3.05, 3.63) is 73.3 Å². The second kappa shape index (κ2) is 10.8. The topological polar surface area (TPSA) is 33.5 Å². The van der Waals surface area contributed by atoms with E-state index < -0.39 is 0 Å². The van der Waals surface area contributed by atoms with E-state index in [2.05, 4.69) is 80.0 Å². The Balaban J connectivity index is 1.08. The summed E-state index contributed by atoms with van der Waals surface area (Å²) in [5, 5.41) is 0. The molecule has 2 aromatic heterocycles. The number of hydrogen-bond acceptors (Lipinski definition) is 2. The lowest BCUT2D eigenvalue weighted by atomic mass is 10.1. The van der Waals surface area contributed by atoms with Gasteiger partial charge in [0.2, 0.25) is 11.0 Å². The molecule has 0 saturated carbocycles. The molecular weight excluding hydrogens is 368 g/mol. The third-order valence-electron chi connectivity index (χ3n) is 5.85. The number of nitrogens with zero attached hydrogens (tertiary/aromatic N) is 4. The largest absolute Gasteiger partial charge is 0.244 e. The van der Waals surface area contributed by atoms with Crippen LogP contribution in [0.3, 0.4) is 0 Å². The van der Waals surface area contributed by atoms with Gasteiger partial charge in [0, 0.05) is 25.0 Å². The van der Waals surface area contributed by atoms with Crippen molar-refractivity contribution in [1.82, 2.24) is 9.97 Å². The first-order valence-corrected chi connectivity index (χ1v) is 11.4. The molecule has 0 aliphatic heterocycles. The van der Waals surface area contributed by atoms with Crippen LogP contribution in [0.5, 0.6) is 0 Å². The van der Waals surface area contributed by atoms with Gasteiger partial charge in [-0.05, 0) is 25.0 Å². The zero-order valence-electron chi connectivity index (χ0n) is 17.8. The van der Waals surface area contributed by atoms with Crippen molar-refractivity contribution in [3.63, 3.8) is 0 Å². The van der Waals surface area contributed by atoms with E-state index in [1.165, 1.54) is 62.4 Å². The Kier molecular flexibility index (Phi) is 7.32. The van der Waals surface area contributed by atoms with Crippen molar-refractivity contribution >= 4 is 22.1 Å². The maximum atomic E-state index is 4.44. The van der Waals surface area contributed by atoms with Crippen molar-refractivity contribution in [1.29, 1.82) is 0 Å². The maximum Gasteiger partial charge on any atom is 0.231 e. The molecule has 0 N–H and O–H groups in total. The molecule has 0 aliphatic carbocycles. The fourth-order valence-corrected chi connectivity index (χ4v) is 4.20. The molecule has 0 saturated heterocycles. The molecule has 2 heterocycles. The van der Waals surface area contributed by atoms with Gasteiger partial charge in [0.25, 0.3) is 0 Å². The van der Waals surface area contributed by atoms with Crippen LogP contribution in [-0.2, 0) is 13.1 Å². The summed E-state index contributed by atoms with van der Waals surface area (Å²) in [5.74, 6) is 0. The standard InChI is InChI=1S/C26H32N4/c1(3-5-11-19-29-21-17-27-23-13-7-9-15-25(23)29)2-4-6-12-20-30-22-18-28-24-14-8-10-16-26(24)30/h7-10,13-18,21-22H,1-6,11-12,19-20H2/q+2. The third-order valence-corrected chi connectivity index (χ3v) is 5.85. The Labute approximate surface area is 179 Å². The Hall–Kier alpha value is -2.88. The van der Waals surface area contributed by atoms with Crippen molar-refractivity contribution in [2.24, 2.45) is 0 Å². The summed E-state index contributed by atoms with van der Waals surface area (Å²) in [7, 11) is 0. The minimum absolute atomic E-state index is 1.08. The number of aryl methyl sites for hydroxylation is 2. The third kappa shape index (κ3) is 5.38. The lowest BCUT2D eigenvalue weighted by Crippen LogP contribution is -2.34. The van der Waals surface area contributed by atoms with Gasteiger partial charge >= 0.3 is 0 Å². The molecular formula is C26H32N4+2. The van der Waals surface area contributed by atoms with Crippen molar-refractivity contribution in [2.75, 3.05) is 0 Å². The van der Waals surface area contributed by atoms with Crippen LogP contribution in [0, 0.1) is 0 Å². The predicted molar refractivity (Wildman–Crippen MR) is 121 cm³/mol. The molecule has 0 radical (unpaired) electrons. The number of hydrogen-bond donors (Lipinski definition) is 0. The van der Waals surface area contributed by atoms with E-state index in [0.29, 0.717) is 0 Å². The van der Waals surface area contributed by atoms with Crippen LogP contribution < -0.4 is 9.13 Å². The van der Waals surface area contributed by atoms with Crippen LogP contribution in [0.25, 0.3) is 22.1 Å². The number of fused-ring (bicyclic) bond motifs is 2. The summed E-state index contributed by atoms with van der Waals surface area (Å²) in [6.07, 6.45) is 18.5. The zero-order valence-corrected chi connectivity index (χ0v) is 17.8. The molecule has 2 aromatic carbocycles. The van der Waals surface area contributed by atoms with Crippen LogP contribution in [0.4, 0.5) is 0 Å². The summed E-state index contributed by atoms with van der Waals surface area (Å²) >= 11 is 0. The second-order valence-electron chi connectivity index (χ2n) is 8.05. The molecule has 0 bridgehead atoms. The average molecular weight is 401 g/mol. The summed E-state index contributed by atoms with van der Waals surface area (Å²) in [6.45, 7) is 2.17. The van der Waals surface area contributed by atoms with Crippen LogP contribution >= 0.6 is 0 Å². The maximum absolute atomic E-state index is 4.44. The quantitative estimate of drug-likeness (QED) is 0.257. The van der Waals surface area contributed by atoms with E-state index in [9.17, 15) is 0 Å². The number of unbranched alkanes of at least 4 members (excludes halogenated alkanes) is 7. The minimum Gasteiger partial charge on any atom is -0.244 e. The molecule has 0 aliphatic rings. The second-order valence-corrected chi connectivity index (χ2v) is 8.05. The van der Waals surface area contributed by atoms with Gasteiger partial charge in [-0.15, -0.1) is 0 Å². The molecule has 30 heavy (non-hydrogen) atoms. The first-order valence-electron chi connectivity index (χ1n) is 11.4. The average Bonchev–Trinajstić information content (AvgIpc) is 2.80. The number of benzene rings is 2. The number of para-hydroxylation sites is 4. The van der Waals surface area contributed by atoms with E-state index in [-0.39, 0.29) is 0 Å². The summed E-state index contributed by atoms with van der Waals surface area (Å²) in [5.41, 5.74) is 4.63. The monoisotopic (exact) mass is 400 g/mol. The molecule has 0 atom stereocenters. The summed E-state index contributed by atoms with van der Waals surface area (Å²) < 4.78 is 4.67.